The highest BCUT2D eigenvalue weighted by Crippen LogP contribution is 2.10. The van der Waals surface area contributed by atoms with Crippen molar-refractivity contribution in [3.05, 3.63) is 72.9 Å². The van der Waals surface area contributed by atoms with Gasteiger partial charge in [-0.1, -0.05) is 119 Å². The summed E-state index contributed by atoms with van der Waals surface area (Å²) in [5, 5.41) is 9.51. The summed E-state index contributed by atoms with van der Waals surface area (Å²) >= 11 is 0. The predicted octanol–water partition coefficient (Wildman–Crippen LogP) is 10.6. The van der Waals surface area contributed by atoms with Crippen molar-refractivity contribution in [2.75, 3.05) is 13.2 Å². The molecule has 0 fully saturated rings. The van der Waals surface area contributed by atoms with Crippen molar-refractivity contribution in [3.8, 4) is 0 Å². The summed E-state index contributed by atoms with van der Waals surface area (Å²) in [5.74, 6) is -0.665. The van der Waals surface area contributed by atoms with E-state index in [4.69, 9.17) is 9.47 Å². The second-order valence-electron chi connectivity index (χ2n) is 11.2. The van der Waals surface area contributed by atoms with Crippen molar-refractivity contribution in [2.24, 2.45) is 0 Å². The maximum absolute atomic E-state index is 12.1. The van der Waals surface area contributed by atoms with Crippen LogP contribution in [0.5, 0.6) is 0 Å². The number of unbranched alkanes of at least 4 members (excludes halogenated alkanes) is 10. The third kappa shape index (κ3) is 32.3. The fourth-order valence-corrected chi connectivity index (χ4v) is 4.34. The minimum Gasteiger partial charge on any atom is -0.462 e. The van der Waals surface area contributed by atoms with Crippen LogP contribution in [-0.2, 0) is 19.1 Å². The Labute approximate surface area is 270 Å². The molecule has 0 aromatic heterocycles. The van der Waals surface area contributed by atoms with Crippen molar-refractivity contribution < 1.29 is 24.2 Å². The summed E-state index contributed by atoms with van der Waals surface area (Å²) in [4.78, 5) is 24.1. The van der Waals surface area contributed by atoms with E-state index in [1.54, 1.807) is 0 Å². The normalized spacial score (nSPS) is 13.1. The summed E-state index contributed by atoms with van der Waals surface area (Å²) < 4.78 is 10.5. The van der Waals surface area contributed by atoms with E-state index in [2.05, 4.69) is 86.8 Å². The summed E-state index contributed by atoms with van der Waals surface area (Å²) in [6.07, 6.45) is 45.2. The Hall–Kier alpha value is -2.66. The zero-order chi connectivity index (χ0) is 32.2. The van der Waals surface area contributed by atoms with E-state index in [1.165, 1.54) is 25.7 Å². The number of ether oxygens (including phenoxy) is 2. The fourth-order valence-electron chi connectivity index (χ4n) is 4.34. The van der Waals surface area contributed by atoms with Crippen LogP contribution in [0, 0.1) is 0 Å². The molecule has 0 saturated carbocycles. The van der Waals surface area contributed by atoms with E-state index < -0.39 is 6.10 Å². The van der Waals surface area contributed by atoms with Crippen LogP contribution in [0.4, 0.5) is 0 Å². The van der Waals surface area contributed by atoms with Crippen molar-refractivity contribution >= 4 is 11.9 Å². The van der Waals surface area contributed by atoms with Gasteiger partial charge < -0.3 is 14.6 Å². The average Bonchev–Trinajstić information content (AvgIpc) is 3.02. The maximum Gasteiger partial charge on any atom is 0.306 e. The zero-order valence-electron chi connectivity index (χ0n) is 28.1. The van der Waals surface area contributed by atoms with Crippen molar-refractivity contribution in [1.29, 1.82) is 0 Å². The Balaban J connectivity index is 3.71. The number of hydrogen-bond acceptors (Lipinski definition) is 5. The van der Waals surface area contributed by atoms with Crippen molar-refractivity contribution in [1.82, 2.24) is 0 Å². The van der Waals surface area contributed by atoms with E-state index in [0.29, 0.717) is 12.8 Å². The van der Waals surface area contributed by atoms with Gasteiger partial charge in [0.15, 0.2) is 6.10 Å². The van der Waals surface area contributed by atoms with E-state index in [9.17, 15) is 14.7 Å². The molecule has 0 bridgehead atoms. The van der Waals surface area contributed by atoms with Gasteiger partial charge in [-0.2, -0.15) is 0 Å². The predicted molar refractivity (Wildman–Crippen MR) is 186 cm³/mol. The first kappa shape index (κ1) is 41.3. The molecule has 0 aliphatic carbocycles. The molecular weight excluding hydrogens is 548 g/mol. The number of rotatable bonds is 30. The van der Waals surface area contributed by atoms with Gasteiger partial charge in [-0.05, 0) is 83.5 Å². The lowest BCUT2D eigenvalue weighted by Gasteiger charge is -2.15. The summed E-state index contributed by atoms with van der Waals surface area (Å²) in [6.45, 7) is 3.92. The Morgan fingerprint density at radius 1 is 0.545 bits per heavy atom. The molecule has 1 atom stereocenters. The van der Waals surface area contributed by atoms with Gasteiger partial charge in [0.1, 0.15) is 6.61 Å². The van der Waals surface area contributed by atoms with Crippen LogP contribution in [0.3, 0.4) is 0 Å². The smallest absolute Gasteiger partial charge is 0.306 e. The number of aliphatic hydroxyl groups excluding tert-OH is 1. The number of aliphatic hydroxyl groups is 1. The molecule has 0 aliphatic rings. The van der Waals surface area contributed by atoms with Gasteiger partial charge in [-0.15, -0.1) is 0 Å². The summed E-state index contributed by atoms with van der Waals surface area (Å²) in [7, 11) is 0. The minimum atomic E-state index is -0.798. The van der Waals surface area contributed by atoms with Crippen molar-refractivity contribution in [3.63, 3.8) is 0 Å². The molecule has 0 aromatic carbocycles. The van der Waals surface area contributed by atoms with E-state index in [-0.39, 0.29) is 25.2 Å². The quantitative estimate of drug-likeness (QED) is 0.0496. The maximum atomic E-state index is 12.1. The first-order chi connectivity index (χ1) is 21.6. The number of carbonyl (C=O) groups excluding carboxylic acids is 2. The molecular formula is C39H64O5. The van der Waals surface area contributed by atoms with Gasteiger partial charge in [0.2, 0.25) is 0 Å². The highest BCUT2D eigenvalue weighted by Gasteiger charge is 2.16. The van der Waals surface area contributed by atoms with Crippen molar-refractivity contribution in [2.45, 2.75) is 148 Å². The molecule has 0 spiro atoms. The molecule has 0 aromatic rings. The average molecular weight is 613 g/mol. The zero-order valence-corrected chi connectivity index (χ0v) is 28.1. The number of carbonyl (C=O) groups is 2. The van der Waals surface area contributed by atoms with E-state index in [0.717, 1.165) is 89.9 Å². The van der Waals surface area contributed by atoms with Crippen LogP contribution in [0.25, 0.3) is 0 Å². The molecule has 250 valence electrons. The molecule has 5 heteroatoms. The highest BCUT2D eigenvalue weighted by molar-refractivity contribution is 5.70. The molecule has 44 heavy (non-hydrogen) atoms. The van der Waals surface area contributed by atoms with Gasteiger partial charge >= 0.3 is 11.9 Å². The van der Waals surface area contributed by atoms with Gasteiger partial charge in [-0.3, -0.25) is 9.59 Å². The van der Waals surface area contributed by atoms with Gasteiger partial charge in [0, 0.05) is 12.8 Å². The molecule has 0 saturated heterocycles. The molecule has 1 N–H and O–H groups in total. The summed E-state index contributed by atoms with van der Waals surface area (Å²) in [5.41, 5.74) is 0. The number of esters is 2. The first-order valence-electron chi connectivity index (χ1n) is 17.5. The SMILES string of the molecule is CCC=CCC=CCC=CCCCCCCCC(=O)OC(CO)COC(=O)CCCCC=CCC=CCC=CCCCCC. The molecule has 0 amide bonds. The Bertz CT molecular complexity index is 833. The van der Waals surface area contributed by atoms with Crippen LogP contribution < -0.4 is 0 Å². The lowest BCUT2D eigenvalue weighted by atomic mass is 10.1. The topological polar surface area (TPSA) is 72.8 Å². The van der Waals surface area contributed by atoms with E-state index >= 15 is 0 Å². The Morgan fingerprint density at radius 3 is 1.52 bits per heavy atom. The monoisotopic (exact) mass is 612 g/mol. The van der Waals surface area contributed by atoms with Crippen LogP contribution in [0.1, 0.15) is 142 Å². The van der Waals surface area contributed by atoms with E-state index in [1.807, 2.05) is 0 Å². The third-order valence-corrected chi connectivity index (χ3v) is 6.98. The second kappa shape index (κ2) is 34.8. The summed E-state index contributed by atoms with van der Waals surface area (Å²) in [6, 6.07) is 0. The Morgan fingerprint density at radius 2 is 0.977 bits per heavy atom. The van der Waals surface area contributed by atoms with Gasteiger partial charge in [0.05, 0.1) is 6.61 Å². The molecule has 0 rings (SSSR count). The molecule has 1 unspecified atom stereocenters. The molecule has 0 heterocycles. The van der Waals surface area contributed by atoms with Crippen LogP contribution >= 0.6 is 0 Å². The standard InChI is InChI=1S/C39H64O5/c1-3-5-7-9-11-13-15-17-19-21-23-25-27-29-31-33-38(41)43-36-37(35-40)44-39(42)34-32-30-28-26-24-22-20-18-16-14-12-10-8-6-4-2/h6,8,11-14,17-20,23,25,37,40H,3-5,7,9-10,15-16,21-22,24,26-36H2,1-2H3. The van der Waals surface area contributed by atoms with Crippen LogP contribution in [-0.4, -0.2) is 36.4 Å². The van der Waals surface area contributed by atoms with Gasteiger partial charge in [-0.25, -0.2) is 0 Å². The molecule has 5 nitrogen and oxygen atoms in total. The second-order valence-corrected chi connectivity index (χ2v) is 11.2. The Kier molecular flexibility index (Phi) is 32.7. The minimum absolute atomic E-state index is 0.0968. The fraction of sp³-hybridized carbons (Fsp3) is 0.641. The third-order valence-electron chi connectivity index (χ3n) is 6.98. The highest BCUT2D eigenvalue weighted by atomic mass is 16.6. The lowest BCUT2D eigenvalue weighted by Crippen LogP contribution is -2.28. The van der Waals surface area contributed by atoms with Crippen LogP contribution in [0.15, 0.2) is 72.9 Å². The van der Waals surface area contributed by atoms with Crippen LogP contribution in [0.2, 0.25) is 0 Å². The number of hydrogen-bond donors (Lipinski definition) is 1. The lowest BCUT2D eigenvalue weighted by molar-refractivity contribution is -0.161. The molecule has 0 radical (unpaired) electrons. The van der Waals surface area contributed by atoms with Gasteiger partial charge in [0.25, 0.3) is 0 Å². The largest absolute Gasteiger partial charge is 0.462 e. The first-order valence-corrected chi connectivity index (χ1v) is 17.5. The molecule has 0 aliphatic heterocycles. The number of allylic oxidation sites excluding steroid dienone is 12.